The van der Waals surface area contributed by atoms with Crippen molar-refractivity contribution in [3.63, 3.8) is 0 Å². The topological polar surface area (TPSA) is 53.5 Å². The molecule has 0 bridgehead atoms. The van der Waals surface area contributed by atoms with Crippen molar-refractivity contribution in [3.05, 3.63) is 47.0 Å². The summed E-state index contributed by atoms with van der Waals surface area (Å²) in [5, 5.41) is 0.375. The standard InChI is InChI=1S/C13H11ClN2O3/c14-13-5-15-10(4-16-13)7-17-6-9-1-2-11-12(3-9)19-8-18-11/h1-5H,6-8H2. The first-order valence-electron chi connectivity index (χ1n) is 5.74. The quantitative estimate of drug-likeness (QED) is 0.860. The van der Waals surface area contributed by atoms with Gasteiger partial charge in [-0.05, 0) is 17.7 Å². The lowest BCUT2D eigenvalue weighted by Crippen LogP contribution is -1.97. The fraction of sp³-hybridized carbons (Fsp3) is 0.231. The second kappa shape index (κ2) is 5.42. The molecule has 0 spiro atoms. The van der Waals surface area contributed by atoms with Crippen molar-refractivity contribution in [2.24, 2.45) is 0 Å². The van der Waals surface area contributed by atoms with E-state index >= 15 is 0 Å². The Balaban J connectivity index is 1.56. The predicted molar refractivity (Wildman–Crippen MR) is 68.1 cm³/mol. The van der Waals surface area contributed by atoms with Crippen LogP contribution < -0.4 is 9.47 Å². The molecule has 0 aliphatic carbocycles. The van der Waals surface area contributed by atoms with Gasteiger partial charge >= 0.3 is 0 Å². The van der Waals surface area contributed by atoms with Crippen molar-refractivity contribution in [2.75, 3.05) is 6.79 Å². The molecule has 6 heteroatoms. The maximum atomic E-state index is 5.66. The first-order valence-corrected chi connectivity index (χ1v) is 6.12. The summed E-state index contributed by atoms with van der Waals surface area (Å²) in [4.78, 5) is 8.04. The molecule has 0 radical (unpaired) electrons. The number of hydrogen-bond donors (Lipinski definition) is 0. The van der Waals surface area contributed by atoms with Crippen LogP contribution in [-0.2, 0) is 18.0 Å². The molecule has 1 aromatic heterocycles. The summed E-state index contributed by atoms with van der Waals surface area (Å²) in [6.07, 6.45) is 3.10. The molecule has 0 fully saturated rings. The molecule has 0 unspecified atom stereocenters. The van der Waals surface area contributed by atoms with Crippen LogP contribution in [0, 0.1) is 0 Å². The zero-order valence-electron chi connectivity index (χ0n) is 10.0. The molecule has 1 aliphatic heterocycles. The van der Waals surface area contributed by atoms with E-state index in [2.05, 4.69) is 9.97 Å². The number of aromatic nitrogens is 2. The van der Waals surface area contributed by atoms with Gasteiger partial charge in [0.2, 0.25) is 6.79 Å². The molecule has 0 atom stereocenters. The number of hydrogen-bond acceptors (Lipinski definition) is 5. The van der Waals surface area contributed by atoms with Gasteiger partial charge in [-0.15, -0.1) is 0 Å². The van der Waals surface area contributed by atoms with Gasteiger partial charge < -0.3 is 14.2 Å². The largest absolute Gasteiger partial charge is 0.454 e. The van der Waals surface area contributed by atoms with Gasteiger partial charge in [0.05, 0.1) is 31.3 Å². The molecule has 19 heavy (non-hydrogen) atoms. The first-order chi connectivity index (χ1) is 9.31. The summed E-state index contributed by atoms with van der Waals surface area (Å²) < 4.78 is 16.1. The average molecular weight is 279 g/mol. The van der Waals surface area contributed by atoms with Crippen molar-refractivity contribution in [3.8, 4) is 11.5 Å². The van der Waals surface area contributed by atoms with Crippen molar-refractivity contribution >= 4 is 11.6 Å². The number of rotatable bonds is 4. The van der Waals surface area contributed by atoms with Crippen molar-refractivity contribution in [2.45, 2.75) is 13.2 Å². The number of halogens is 1. The maximum Gasteiger partial charge on any atom is 0.231 e. The van der Waals surface area contributed by atoms with Crippen molar-refractivity contribution in [1.29, 1.82) is 0 Å². The zero-order chi connectivity index (χ0) is 13.1. The lowest BCUT2D eigenvalue weighted by molar-refractivity contribution is 0.104. The maximum absolute atomic E-state index is 5.66. The van der Waals surface area contributed by atoms with Gasteiger partial charge in [0.15, 0.2) is 11.5 Å². The molecule has 0 saturated heterocycles. The van der Waals surface area contributed by atoms with Crippen LogP contribution in [0.2, 0.25) is 5.15 Å². The third-order valence-electron chi connectivity index (χ3n) is 2.63. The second-order valence-corrected chi connectivity index (χ2v) is 4.40. The van der Waals surface area contributed by atoms with E-state index < -0.39 is 0 Å². The number of fused-ring (bicyclic) bond motifs is 1. The summed E-state index contributed by atoms with van der Waals surface area (Å²) in [5.41, 5.74) is 1.76. The highest BCUT2D eigenvalue weighted by Gasteiger charge is 2.13. The summed E-state index contributed by atoms with van der Waals surface area (Å²) >= 11 is 5.66. The summed E-state index contributed by atoms with van der Waals surface area (Å²) in [6, 6.07) is 5.74. The number of nitrogens with zero attached hydrogens (tertiary/aromatic N) is 2. The second-order valence-electron chi connectivity index (χ2n) is 4.01. The van der Waals surface area contributed by atoms with Gasteiger partial charge in [-0.2, -0.15) is 0 Å². The molecule has 0 N–H and O–H groups in total. The highest BCUT2D eigenvalue weighted by molar-refractivity contribution is 6.29. The summed E-state index contributed by atoms with van der Waals surface area (Å²) in [5.74, 6) is 1.53. The summed E-state index contributed by atoms with van der Waals surface area (Å²) in [6.45, 7) is 1.14. The molecule has 0 amide bonds. The highest BCUT2D eigenvalue weighted by atomic mass is 35.5. The van der Waals surface area contributed by atoms with Gasteiger partial charge in [-0.3, -0.25) is 4.98 Å². The minimum absolute atomic E-state index is 0.278. The van der Waals surface area contributed by atoms with Crippen LogP contribution in [0.15, 0.2) is 30.6 Å². The number of benzene rings is 1. The van der Waals surface area contributed by atoms with Crippen LogP contribution in [0.3, 0.4) is 0 Å². The lowest BCUT2D eigenvalue weighted by atomic mass is 10.2. The monoisotopic (exact) mass is 278 g/mol. The molecule has 2 aromatic rings. The van der Waals surface area contributed by atoms with Crippen molar-refractivity contribution in [1.82, 2.24) is 9.97 Å². The van der Waals surface area contributed by atoms with E-state index in [4.69, 9.17) is 25.8 Å². The molecule has 1 aromatic carbocycles. The predicted octanol–water partition coefficient (Wildman–Crippen LogP) is 2.58. The van der Waals surface area contributed by atoms with E-state index in [1.807, 2.05) is 18.2 Å². The molecule has 98 valence electrons. The third kappa shape index (κ3) is 2.94. The molecule has 5 nitrogen and oxygen atoms in total. The Morgan fingerprint density at radius 1 is 1.11 bits per heavy atom. The Labute approximate surface area is 115 Å². The van der Waals surface area contributed by atoms with Gasteiger partial charge in [-0.25, -0.2) is 4.98 Å². The van der Waals surface area contributed by atoms with Crippen LogP contribution >= 0.6 is 11.6 Å². The molecular weight excluding hydrogens is 268 g/mol. The fourth-order valence-corrected chi connectivity index (χ4v) is 1.82. The molecule has 1 aliphatic rings. The van der Waals surface area contributed by atoms with E-state index in [0.29, 0.717) is 18.4 Å². The van der Waals surface area contributed by atoms with Crippen LogP contribution in [0.1, 0.15) is 11.3 Å². The Hall–Kier alpha value is -1.85. The SMILES string of the molecule is Clc1cnc(COCc2ccc3c(c2)OCO3)cn1. The highest BCUT2D eigenvalue weighted by Crippen LogP contribution is 2.32. The minimum atomic E-state index is 0.278. The molecular formula is C13H11ClN2O3. The van der Waals surface area contributed by atoms with Gasteiger partial charge in [0, 0.05) is 0 Å². The minimum Gasteiger partial charge on any atom is -0.454 e. The van der Waals surface area contributed by atoms with Gasteiger partial charge in [0.1, 0.15) is 5.15 Å². The molecule has 0 saturated carbocycles. The van der Waals surface area contributed by atoms with E-state index in [0.717, 1.165) is 22.8 Å². The Morgan fingerprint density at radius 3 is 2.84 bits per heavy atom. The smallest absolute Gasteiger partial charge is 0.231 e. The Morgan fingerprint density at radius 2 is 2.00 bits per heavy atom. The van der Waals surface area contributed by atoms with Crippen LogP contribution in [0.5, 0.6) is 11.5 Å². The van der Waals surface area contributed by atoms with E-state index in [1.54, 1.807) is 6.20 Å². The molecule has 2 heterocycles. The van der Waals surface area contributed by atoms with Crippen molar-refractivity contribution < 1.29 is 14.2 Å². The third-order valence-corrected chi connectivity index (χ3v) is 2.82. The Kier molecular flexibility index (Phi) is 3.48. The van der Waals surface area contributed by atoms with E-state index in [-0.39, 0.29) is 6.79 Å². The normalized spacial score (nSPS) is 12.7. The lowest BCUT2D eigenvalue weighted by Gasteiger charge is -2.05. The number of ether oxygens (including phenoxy) is 3. The van der Waals surface area contributed by atoms with E-state index in [1.165, 1.54) is 6.20 Å². The fourth-order valence-electron chi connectivity index (χ4n) is 1.72. The van der Waals surface area contributed by atoms with Gasteiger partial charge in [-0.1, -0.05) is 17.7 Å². The Bertz CT molecular complexity index is 575. The molecule has 3 rings (SSSR count). The zero-order valence-corrected chi connectivity index (χ0v) is 10.8. The van der Waals surface area contributed by atoms with E-state index in [9.17, 15) is 0 Å². The first kappa shape index (κ1) is 12.2. The van der Waals surface area contributed by atoms with Crippen LogP contribution in [0.4, 0.5) is 0 Å². The average Bonchev–Trinajstić information content (AvgIpc) is 2.88. The van der Waals surface area contributed by atoms with Gasteiger partial charge in [0.25, 0.3) is 0 Å². The van der Waals surface area contributed by atoms with Crippen LogP contribution in [-0.4, -0.2) is 16.8 Å². The summed E-state index contributed by atoms with van der Waals surface area (Å²) in [7, 11) is 0. The van der Waals surface area contributed by atoms with Crippen LogP contribution in [0.25, 0.3) is 0 Å².